The third kappa shape index (κ3) is 3.20. The second kappa shape index (κ2) is 5.84. The van der Waals surface area contributed by atoms with E-state index in [2.05, 4.69) is 21.2 Å². The van der Waals surface area contributed by atoms with Gasteiger partial charge in [0.1, 0.15) is 0 Å². The SMILES string of the molecule is O=C(NCc1cc(Br)cs1)N1CCCC1CO. The van der Waals surface area contributed by atoms with Gasteiger partial charge in [0.2, 0.25) is 0 Å². The summed E-state index contributed by atoms with van der Waals surface area (Å²) in [6, 6.07) is 1.91. The van der Waals surface area contributed by atoms with Crippen LogP contribution < -0.4 is 5.32 Å². The van der Waals surface area contributed by atoms with Crippen molar-refractivity contribution in [2.24, 2.45) is 0 Å². The maximum absolute atomic E-state index is 11.9. The Bertz CT molecular complexity index is 397. The molecule has 2 amide bonds. The predicted octanol–water partition coefficient (Wildman–Crippen LogP) is 2.18. The number of hydrogen-bond donors (Lipinski definition) is 2. The first kappa shape index (κ1) is 12.9. The summed E-state index contributed by atoms with van der Waals surface area (Å²) in [6.45, 7) is 1.34. The highest BCUT2D eigenvalue weighted by Crippen LogP contribution is 2.20. The molecule has 0 saturated carbocycles. The molecule has 4 nitrogen and oxygen atoms in total. The Balaban J connectivity index is 1.84. The molecule has 1 saturated heterocycles. The number of likely N-dealkylation sites (tertiary alicyclic amines) is 1. The van der Waals surface area contributed by atoms with E-state index < -0.39 is 0 Å². The molecular formula is C11H15BrN2O2S. The highest BCUT2D eigenvalue weighted by Gasteiger charge is 2.27. The number of hydrogen-bond acceptors (Lipinski definition) is 3. The Morgan fingerprint density at radius 1 is 1.71 bits per heavy atom. The molecule has 17 heavy (non-hydrogen) atoms. The van der Waals surface area contributed by atoms with Gasteiger partial charge in [-0.2, -0.15) is 0 Å². The average Bonchev–Trinajstić information content (AvgIpc) is 2.94. The zero-order valence-corrected chi connectivity index (χ0v) is 11.8. The molecule has 0 aromatic carbocycles. The van der Waals surface area contributed by atoms with Crippen LogP contribution in [0.25, 0.3) is 0 Å². The van der Waals surface area contributed by atoms with Crippen molar-refractivity contribution in [3.05, 3.63) is 20.8 Å². The van der Waals surface area contributed by atoms with Gasteiger partial charge in [-0.05, 0) is 34.8 Å². The van der Waals surface area contributed by atoms with E-state index in [0.29, 0.717) is 6.54 Å². The lowest BCUT2D eigenvalue weighted by atomic mass is 10.2. The van der Waals surface area contributed by atoms with Crippen molar-refractivity contribution in [2.75, 3.05) is 13.2 Å². The van der Waals surface area contributed by atoms with Gasteiger partial charge in [-0.25, -0.2) is 4.79 Å². The van der Waals surface area contributed by atoms with E-state index in [1.807, 2.05) is 11.4 Å². The van der Waals surface area contributed by atoms with Crippen molar-refractivity contribution >= 4 is 33.3 Å². The van der Waals surface area contributed by atoms with Crippen LogP contribution >= 0.6 is 27.3 Å². The fourth-order valence-corrected chi connectivity index (χ4v) is 3.39. The second-order valence-corrected chi connectivity index (χ2v) is 5.97. The molecule has 0 radical (unpaired) electrons. The van der Waals surface area contributed by atoms with Crippen molar-refractivity contribution in [2.45, 2.75) is 25.4 Å². The van der Waals surface area contributed by atoms with Crippen LogP contribution in [0.5, 0.6) is 0 Å². The van der Waals surface area contributed by atoms with E-state index in [1.54, 1.807) is 16.2 Å². The fraction of sp³-hybridized carbons (Fsp3) is 0.545. The second-order valence-electron chi connectivity index (χ2n) is 4.06. The van der Waals surface area contributed by atoms with Gasteiger partial charge in [0, 0.05) is 21.3 Å². The van der Waals surface area contributed by atoms with Gasteiger partial charge in [-0.1, -0.05) is 0 Å². The molecule has 0 spiro atoms. The van der Waals surface area contributed by atoms with E-state index >= 15 is 0 Å². The number of nitrogens with one attached hydrogen (secondary N) is 1. The van der Waals surface area contributed by atoms with E-state index in [9.17, 15) is 4.79 Å². The normalized spacial score (nSPS) is 19.6. The van der Waals surface area contributed by atoms with E-state index in [0.717, 1.165) is 28.7 Å². The Morgan fingerprint density at radius 2 is 2.53 bits per heavy atom. The smallest absolute Gasteiger partial charge is 0.318 e. The summed E-state index contributed by atoms with van der Waals surface area (Å²) in [4.78, 5) is 14.7. The van der Waals surface area contributed by atoms with Gasteiger partial charge in [-0.15, -0.1) is 11.3 Å². The highest BCUT2D eigenvalue weighted by atomic mass is 79.9. The summed E-state index contributed by atoms with van der Waals surface area (Å²) in [5.41, 5.74) is 0. The third-order valence-corrected chi connectivity index (χ3v) is 4.58. The molecule has 1 aliphatic heterocycles. The molecule has 1 aromatic rings. The number of amides is 2. The lowest BCUT2D eigenvalue weighted by Gasteiger charge is -2.23. The number of aliphatic hydroxyl groups is 1. The standard InChI is InChI=1S/C11H15BrN2O2S/c12-8-4-10(17-7-8)5-13-11(16)14-3-1-2-9(14)6-15/h4,7,9,15H,1-3,5-6H2,(H,13,16). The van der Waals surface area contributed by atoms with E-state index in [1.165, 1.54) is 0 Å². The molecular weight excluding hydrogens is 304 g/mol. The largest absolute Gasteiger partial charge is 0.394 e. The number of halogens is 1. The van der Waals surface area contributed by atoms with Crippen LogP contribution in [0.4, 0.5) is 4.79 Å². The molecule has 2 heterocycles. The monoisotopic (exact) mass is 318 g/mol. The summed E-state index contributed by atoms with van der Waals surface area (Å²) in [5.74, 6) is 0. The third-order valence-electron chi connectivity index (χ3n) is 2.88. The van der Waals surface area contributed by atoms with Gasteiger partial charge in [0.25, 0.3) is 0 Å². The first-order valence-corrected chi connectivity index (χ1v) is 7.26. The van der Waals surface area contributed by atoms with Crippen LogP contribution in [0.2, 0.25) is 0 Å². The Labute approximate surface area is 113 Å². The summed E-state index contributed by atoms with van der Waals surface area (Å²) in [7, 11) is 0. The molecule has 0 bridgehead atoms. The minimum atomic E-state index is -0.0777. The summed E-state index contributed by atoms with van der Waals surface area (Å²) < 4.78 is 1.04. The number of urea groups is 1. The molecule has 0 aliphatic carbocycles. The molecule has 1 unspecified atom stereocenters. The lowest BCUT2D eigenvalue weighted by molar-refractivity contribution is 0.157. The molecule has 6 heteroatoms. The Hall–Kier alpha value is -0.590. The van der Waals surface area contributed by atoms with Crippen LogP contribution in [0.3, 0.4) is 0 Å². The molecule has 1 aliphatic rings. The number of thiophene rings is 1. The molecule has 1 aromatic heterocycles. The van der Waals surface area contributed by atoms with Crippen molar-refractivity contribution < 1.29 is 9.90 Å². The Kier molecular flexibility index (Phi) is 4.42. The van der Waals surface area contributed by atoms with Crippen LogP contribution in [0.15, 0.2) is 15.9 Å². The van der Waals surface area contributed by atoms with Gasteiger partial charge in [0.05, 0.1) is 19.2 Å². The summed E-state index contributed by atoms with van der Waals surface area (Å²) in [5, 5.41) is 14.0. The number of nitrogens with zero attached hydrogens (tertiary/aromatic N) is 1. The molecule has 1 fully saturated rings. The lowest BCUT2D eigenvalue weighted by Crippen LogP contribution is -2.43. The molecule has 94 valence electrons. The molecule has 2 N–H and O–H groups in total. The highest BCUT2D eigenvalue weighted by molar-refractivity contribution is 9.10. The zero-order chi connectivity index (χ0) is 12.3. The predicted molar refractivity (Wildman–Crippen MR) is 71.1 cm³/mol. The van der Waals surface area contributed by atoms with Gasteiger partial charge < -0.3 is 15.3 Å². The maximum Gasteiger partial charge on any atom is 0.318 e. The van der Waals surface area contributed by atoms with Crippen LogP contribution in [-0.4, -0.2) is 35.2 Å². The average molecular weight is 319 g/mol. The van der Waals surface area contributed by atoms with E-state index in [-0.39, 0.29) is 18.7 Å². The maximum atomic E-state index is 11.9. The van der Waals surface area contributed by atoms with Crippen LogP contribution in [-0.2, 0) is 6.54 Å². The molecule has 1 atom stereocenters. The van der Waals surface area contributed by atoms with Crippen LogP contribution in [0.1, 0.15) is 17.7 Å². The summed E-state index contributed by atoms with van der Waals surface area (Å²) in [6.07, 6.45) is 1.87. The van der Waals surface area contributed by atoms with Crippen molar-refractivity contribution in [1.82, 2.24) is 10.2 Å². The minimum Gasteiger partial charge on any atom is -0.394 e. The Morgan fingerprint density at radius 3 is 3.18 bits per heavy atom. The van der Waals surface area contributed by atoms with Gasteiger partial charge in [0.15, 0.2) is 0 Å². The summed E-state index contributed by atoms with van der Waals surface area (Å²) >= 11 is 4.99. The van der Waals surface area contributed by atoms with Gasteiger partial charge in [-0.3, -0.25) is 0 Å². The quantitative estimate of drug-likeness (QED) is 0.897. The van der Waals surface area contributed by atoms with Crippen molar-refractivity contribution in [1.29, 1.82) is 0 Å². The van der Waals surface area contributed by atoms with E-state index in [4.69, 9.17) is 5.11 Å². The first-order chi connectivity index (χ1) is 8.20. The van der Waals surface area contributed by atoms with Crippen molar-refractivity contribution in [3.8, 4) is 0 Å². The number of carbonyl (C=O) groups is 1. The number of rotatable bonds is 3. The molecule has 2 rings (SSSR count). The first-order valence-electron chi connectivity index (χ1n) is 5.59. The minimum absolute atomic E-state index is 0.00919. The zero-order valence-electron chi connectivity index (χ0n) is 9.36. The van der Waals surface area contributed by atoms with Crippen LogP contribution in [0, 0.1) is 0 Å². The van der Waals surface area contributed by atoms with Crippen molar-refractivity contribution in [3.63, 3.8) is 0 Å². The topological polar surface area (TPSA) is 52.6 Å². The number of carbonyl (C=O) groups excluding carboxylic acids is 1. The number of aliphatic hydroxyl groups excluding tert-OH is 1. The fourth-order valence-electron chi connectivity index (χ4n) is 2.00. The van der Waals surface area contributed by atoms with Gasteiger partial charge >= 0.3 is 6.03 Å².